The molecule has 0 spiro atoms. The lowest BCUT2D eigenvalue weighted by Crippen LogP contribution is -2.37. The van der Waals surface area contributed by atoms with E-state index in [-0.39, 0.29) is 24.3 Å². The van der Waals surface area contributed by atoms with Gasteiger partial charge in [0.2, 0.25) is 11.8 Å². The van der Waals surface area contributed by atoms with Crippen molar-refractivity contribution < 1.29 is 9.59 Å². The summed E-state index contributed by atoms with van der Waals surface area (Å²) in [6, 6.07) is 0. The molecule has 76 valence electrons. The number of carbonyl (C=O) groups is 2. The van der Waals surface area contributed by atoms with Gasteiger partial charge in [-0.3, -0.25) is 9.59 Å². The number of amides is 2. The van der Waals surface area contributed by atoms with Crippen LogP contribution in [0.3, 0.4) is 0 Å². The van der Waals surface area contributed by atoms with Crippen LogP contribution in [-0.2, 0) is 9.59 Å². The first-order valence-electron chi connectivity index (χ1n) is 4.48. The summed E-state index contributed by atoms with van der Waals surface area (Å²) in [5.74, 6) is 2.41. The zero-order valence-corrected chi connectivity index (χ0v) is 8.49. The van der Waals surface area contributed by atoms with E-state index < -0.39 is 0 Å². The number of rotatable bonds is 2. The Labute approximate surface area is 83.9 Å². The molecule has 1 heterocycles. The summed E-state index contributed by atoms with van der Waals surface area (Å²) in [6.07, 6.45) is 5.60. The average molecular weight is 194 g/mol. The maximum atomic E-state index is 11.4. The molecule has 2 amide bonds. The molecular weight excluding hydrogens is 180 g/mol. The van der Waals surface area contributed by atoms with Gasteiger partial charge in [0.1, 0.15) is 0 Å². The Kier molecular flexibility index (Phi) is 3.13. The van der Waals surface area contributed by atoms with E-state index in [9.17, 15) is 9.59 Å². The van der Waals surface area contributed by atoms with Crippen LogP contribution in [0.15, 0.2) is 0 Å². The maximum absolute atomic E-state index is 11.4. The van der Waals surface area contributed by atoms with Gasteiger partial charge in [-0.15, -0.1) is 12.3 Å². The van der Waals surface area contributed by atoms with Gasteiger partial charge >= 0.3 is 0 Å². The number of nitrogens with zero attached hydrogens (tertiary/aromatic N) is 2. The smallest absolute Gasteiger partial charge is 0.241 e. The molecule has 1 aliphatic rings. The van der Waals surface area contributed by atoms with Crippen LogP contribution in [0.2, 0.25) is 0 Å². The summed E-state index contributed by atoms with van der Waals surface area (Å²) >= 11 is 0. The molecule has 0 N–H and O–H groups in total. The van der Waals surface area contributed by atoms with Gasteiger partial charge in [0.05, 0.1) is 6.54 Å². The van der Waals surface area contributed by atoms with E-state index in [1.165, 1.54) is 9.80 Å². The molecule has 0 aromatic rings. The van der Waals surface area contributed by atoms with E-state index in [4.69, 9.17) is 6.42 Å². The molecule has 0 bridgehead atoms. The molecule has 0 aliphatic carbocycles. The third-order valence-corrected chi connectivity index (χ3v) is 2.28. The van der Waals surface area contributed by atoms with Crippen LogP contribution in [0, 0.1) is 18.3 Å². The van der Waals surface area contributed by atoms with Gasteiger partial charge in [-0.1, -0.05) is 0 Å². The molecule has 1 rings (SSSR count). The standard InChI is InChI=1S/C10H14N2O2/c1-4-8-5-9(13)12(6-8)7-10(14)11(2)3/h1,8H,5-7H2,2-3H3. The average Bonchev–Trinajstić information content (AvgIpc) is 2.47. The fourth-order valence-corrected chi connectivity index (χ4v) is 1.34. The SMILES string of the molecule is C#CC1CC(=O)N(CC(=O)N(C)C)C1. The van der Waals surface area contributed by atoms with Crippen LogP contribution in [0.25, 0.3) is 0 Å². The van der Waals surface area contributed by atoms with Crippen molar-refractivity contribution in [3.63, 3.8) is 0 Å². The highest BCUT2D eigenvalue weighted by atomic mass is 16.2. The second-order valence-electron chi connectivity index (χ2n) is 3.63. The second kappa shape index (κ2) is 4.14. The predicted molar refractivity (Wildman–Crippen MR) is 52.2 cm³/mol. The normalized spacial score (nSPS) is 20.8. The molecule has 0 saturated carbocycles. The van der Waals surface area contributed by atoms with Crippen LogP contribution >= 0.6 is 0 Å². The number of hydrogen-bond donors (Lipinski definition) is 0. The van der Waals surface area contributed by atoms with Crippen molar-refractivity contribution in [2.45, 2.75) is 6.42 Å². The number of likely N-dealkylation sites (tertiary alicyclic amines) is 1. The van der Waals surface area contributed by atoms with Crippen molar-refractivity contribution in [3.8, 4) is 12.3 Å². The Morgan fingerprint density at radius 3 is 2.79 bits per heavy atom. The summed E-state index contributed by atoms with van der Waals surface area (Å²) in [7, 11) is 3.34. The van der Waals surface area contributed by atoms with E-state index >= 15 is 0 Å². The molecule has 1 saturated heterocycles. The largest absolute Gasteiger partial charge is 0.347 e. The molecule has 1 atom stereocenters. The van der Waals surface area contributed by atoms with Crippen LogP contribution in [0.4, 0.5) is 0 Å². The summed E-state index contributed by atoms with van der Waals surface area (Å²) in [5, 5.41) is 0. The first kappa shape index (κ1) is 10.6. The molecule has 1 unspecified atom stereocenters. The molecule has 1 fully saturated rings. The van der Waals surface area contributed by atoms with Gasteiger partial charge in [-0.2, -0.15) is 0 Å². The first-order chi connectivity index (χ1) is 6.54. The predicted octanol–water partition coefficient (Wildman–Crippen LogP) is -0.444. The van der Waals surface area contributed by atoms with Gasteiger partial charge in [0.25, 0.3) is 0 Å². The number of hydrogen-bond acceptors (Lipinski definition) is 2. The summed E-state index contributed by atoms with van der Waals surface area (Å²) < 4.78 is 0. The highest BCUT2D eigenvalue weighted by Gasteiger charge is 2.29. The Morgan fingerprint density at radius 2 is 2.36 bits per heavy atom. The van der Waals surface area contributed by atoms with Crippen molar-refractivity contribution in [1.29, 1.82) is 0 Å². The van der Waals surface area contributed by atoms with Crippen LogP contribution in [0.1, 0.15) is 6.42 Å². The van der Waals surface area contributed by atoms with Crippen molar-refractivity contribution in [2.24, 2.45) is 5.92 Å². The first-order valence-corrected chi connectivity index (χ1v) is 4.48. The van der Waals surface area contributed by atoms with Crippen molar-refractivity contribution in [2.75, 3.05) is 27.2 Å². The van der Waals surface area contributed by atoms with Gasteiger partial charge in [-0.05, 0) is 0 Å². The molecule has 14 heavy (non-hydrogen) atoms. The van der Waals surface area contributed by atoms with Crippen molar-refractivity contribution >= 4 is 11.8 Å². The monoisotopic (exact) mass is 194 g/mol. The topological polar surface area (TPSA) is 40.6 Å². The van der Waals surface area contributed by atoms with E-state index in [1.54, 1.807) is 14.1 Å². The van der Waals surface area contributed by atoms with E-state index in [0.717, 1.165) is 0 Å². The van der Waals surface area contributed by atoms with Gasteiger partial charge in [0, 0.05) is 33.0 Å². The van der Waals surface area contributed by atoms with E-state index in [0.29, 0.717) is 13.0 Å². The third kappa shape index (κ3) is 2.25. The van der Waals surface area contributed by atoms with Crippen LogP contribution < -0.4 is 0 Å². The molecule has 0 aromatic heterocycles. The van der Waals surface area contributed by atoms with Crippen molar-refractivity contribution in [3.05, 3.63) is 0 Å². The van der Waals surface area contributed by atoms with E-state index in [2.05, 4.69) is 5.92 Å². The fraction of sp³-hybridized carbons (Fsp3) is 0.600. The number of carbonyl (C=O) groups excluding carboxylic acids is 2. The highest BCUT2D eigenvalue weighted by molar-refractivity contribution is 5.86. The summed E-state index contributed by atoms with van der Waals surface area (Å²) in [5.41, 5.74) is 0. The van der Waals surface area contributed by atoms with Crippen LogP contribution in [0.5, 0.6) is 0 Å². The minimum atomic E-state index is -0.0731. The Balaban J connectivity index is 2.52. The zero-order chi connectivity index (χ0) is 10.7. The Bertz CT molecular complexity index is 291. The van der Waals surface area contributed by atoms with Crippen LogP contribution in [-0.4, -0.2) is 48.8 Å². The number of likely N-dealkylation sites (N-methyl/N-ethyl adjacent to an activating group) is 1. The van der Waals surface area contributed by atoms with Gasteiger partial charge < -0.3 is 9.80 Å². The molecular formula is C10H14N2O2. The van der Waals surface area contributed by atoms with Gasteiger partial charge in [-0.25, -0.2) is 0 Å². The lowest BCUT2D eigenvalue weighted by Gasteiger charge is -2.18. The molecule has 0 radical (unpaired) electrons. The second-order valence-corrected chi connectivity index (χ2v) is 3.63. The summed E-state index contributed by atoms with van der Waals surface area (Å²) in [4.78, 5) is 25.7. The van der Waals surface area contributed by atoms with E-state index in [1.807, 2.05) is 0 Å². The highest BCUT2D eigenvalue weighted by Crippen LogP contribution is 2.16. The minimum Gasteiger partial charge on any atom is -0.347 e. The zero-order valence-electron chi connectivity index (χ0n) is 8.49. The quantitative estimate of drug-likeness (QED) is 0.559. The fourth-order valence-electron chi connectivity index (χ4n) is 1.34. The molecule has 0 aromatic carbocycles. The summed E-state index contributed by atoms with van der Waals surface area (Å²) in [6.45, 7) is 0.652. The lowest BCUT2D eigenvalue weighted by molar-refractivity contribution is -0.136. The maximum Gasteiger partial charge on any atom is 0.241 e. The molecule has 4 nitrogen and oxygen atoms in total. The van der Waals surface area contributed by atoms with Gasteiger partial charge in [0.15, 0.2) is 0 Å². The minimum absolute atomic E-state index is 0.0249. The third-order valence-electron chi connectivity index (χ3n) is 2.28. The Hall–Kier alpha value is -1.50. The van der Waals surface area contributed by atoms with Crippen molar-refractivity contribution in [1.82, 2.24) is 9.80 Å². The molecule has 4 heteroatoms. The molecule has 1 aliphatic heterocycles. The Morgan fingerprint density at radius 1 is 1.71 bits per heavy atom. The number of terminal acetylenes is 1. The lowest BCUT2D eigenvalue weighted by atomic mass is 10.1.